The second-order valence-electron chi connectivity index (χ2n) is 9.65. The minimum absolute atomic E-state index is 0.203. The van der Waals surface area contributed by atoms with Crippen LogP contribution in [0.3, 0.4) is 0 Å². The van der Waals surface area contributed by atoms with Crippen LogP contribution in [0.2, 0.25) is 0 Å². The Morgan fingerprint density at radius 2 is 1.59 bits per heavy atom. The van der Waals surface area contributed by atoms with E-state index < -0.39 is 10.0 Å². The first-order valence-corrected chi connectivity index (χ1v) is 14.1. The van der Waals surface area contributed by atoms with Crippen molar-refractivity contribution in [2.45, 2.75) is 31.2 Å². The van der Waals surface area contributed by atoms with Crippen LogP contribution >= 0.6 is 0 Å². The van der Waals surface area contributed by atoms with Crippen molar-refractivity contribution in [3.05, 3.63) is 102 Å². The van der Waals surface area contributed by atoms with Gasteiger partial charge in [-0.2, -0.15) is 0 Å². The molecule has 37 heavy (non-hydrogen) atoms. The Kier molecular flexibility index (Phi) is 7.15. The highest BCUT2D eigenvalue weighted by atomic mass is 32.2. The molecular formula is C30H31N3O3S. The zero-order valence-electron chi connectivity index (χ0n) is 20.9. The van der Waals surface area contributed by atoms with Crippen LogP contribution in [0.25, 0.3) is 10.8 Å². The summed E-state index contributed by atoms with van der Waals surface area (Å²) in [6.07, 6.45) is 2.11. The van der Waals surface area contributed by atoms with Gasteiger partial charge in [0.15, 0.2) is 0 Å². The molecule has 0 aromatic heterocycles. The van der Waals surface area contributed by atoms with Gasteiger partial charge in [-0.05, 0) is 54.0 Å². The van der Waals surface area contributed by atoms with Crippen molar-refractivity contribution in [2.24, 2.45) is 5.92 Å². The van der Waals surface area contributed by atoms with E-state index in [0.29, 0.717) is 29.1 Å². The number of piperidine rings is 1. The molecule has 1 fully saturated rings. The van der Waals surface area contributed by atoms with E-state index in [0.717, 1.165) is 42.6 Å². The Morgan fingerprint density at radius 1 is 0.892 bits per heavy atom. The molecule has 1 aliphatic heterocycles. The van der Waals surface area contributed by atoms with Crippen LogP contribution in [0.4, 0.5) is 11.4 Å². The molecule has 190 valence electrons. The highest BCUT2D eigenvalue weighted by molar-refractivity contribution is 7.93. The molecule has 0 atom stereocenters. The third-order valence-corrected chi connectivity index (χ3v) is 8.39. The summed E-state index contributed by atoms with van der Waals surface area (Å²) in [7, 11) is -3.88. The van der Waals surface area contributed by atoms with Crippen LogP contribution in [0, 0.1) is 5.92 Å². The van der Waals surface area contributed by atoms with E-state index in [1.54, 1.807) is 30.3 Å². The lowest BCUT2D eigenvalue weighted by Crippen LogP contribution is -2.35. The number of carbonyl (C=O) groups excluding carboxylic acids is 1. The first-order chi connectivity index (χ1) is 17.9. The number of fused-ring (bicyclic) bond motifs is 1. The lowest BCUT2D eigenvalue weighted by Gasteiger charge is -2.33. The number of hydrogen-bond donors (Lipinski definition) is 2. The molecule has 1 aliphatic rings. The molecule has 5 rings (SSSR count). The Morgan fingerprint density at radius 3 is 2.38 bits per heavy atom. The molecule has 1 saturated heterocycles. The average Bonchev–Trinajstić information content (AvgIpc) is 2.92. The van der Waals surface area contributed by atoms with Crippen LogP contribution in [-0.2, 0) is 16.6 Å². The van der Waals surface area contributed by atoms with Gasteiger partial charge in [-0.15, -0.1) is 0 Å². The summed E-state index contributed by atoms with van der Waals surface area (Å²) >= 11 is 0. The molecular weight excluding hydrogens is 482 g/mol. The fourth-order valence-electron chi connectivity index (χ4n) is 4.82. The van der Waals surface area contributed by atoms with E-state index in [1.807, 2.05) is 60.7 Å². The number of anilines is 2. The number of nitrogens with zero attached hydrogens (tertiary/aromatic N) is 1. The van der Waals surface area contributed by atoms with Crippen molar-refractivity contribution in [3.8, 4) is 0 Å². The van der Waals surface area contributed by atoms with E-state index in [1.165, 1.54) is 0 Å². The Hall–Kier alpha value is -3.84. The van der Waals surface area contributed by atoms with Crippen molar-refractivity contribution < 1.29 is 13.2 Å². The molecule has 1 heterocycles. The maximum Gasteiger partial charge on any atom is 0.262 e. The number of benzene rings is 4. The number of nitrogens with one attached hydrogen (secondary N) is 2. The van der Waals surface area contributed by atoms with Gasteiger partial charge in [0.25, 0.3) is 15.9 Å². The summed E-state index contributed by atoms with van der Waals surface area (Å²) in [4.78, 5) is 15.8. The standard InChI is InChI=1S/C30H31N3O3S/c1-22-16-18-33(19-17-22)28-15-14-25(20-27(28)30(34)31-21-23-8-3-2-4-9-23)32-37(35,36)29-13-7-11-24-10-5-6-12-26(24)29/h2-15,20,22,32H,16-19,21H2,1H3,(H,31,34). The maximum atomic E-state index is 13.4. The van der Waals surface area contributed by atoms with E-state index in [4.69, 9.17) is 0 Å². The highest BCUT2D eigenvalue weighted by Crippen LogP contribution is 2.31. The number of amides is 1. The van der Waals surface area contributed by atoms with Crippen LogP contribution in [0.15, 0.2) is 95.9 Å². The molecule has 4 aromatic carbocycles. The summed E-state index contributed by atoms with van der Waals surface area (Å²) in [6, 6.07) is 27.6. The van der Waals surface area contributed by atoms with Gasteiger partial charge in [0.1, 0.15) is 0 Å². The smallest absolute Gasteiger partial charge is 0.262 e. The zero-order valence-corrected chi connectivity index (χ0v) is 21.7. The normalized spacial score (nSPS) is 14.5. The van der Waals surface area contributed by atoms with Crippen molar-refractivity contribution in [1.29, 1.82) is 0 Å². The molecule has 1 amide bonds. The van der Waals surface area contributed by atoms with E-state index in [2.05, 4.69) is 21.9 Å². The molecule has 7 heteroatoms. The summed E-state index contributed by atoms with van der Waals surface area (Å²) in [5.74, 6) is 0.419. The maximum absolute atomic E-state index is 13.4. The fraction of sp³-hybridized carbons (Fsp3) is 0.233. The second kappa shape index (κ2) is 10.6. The molecule has 2 N–H and O–H groups in total. The van der Waals surface area contributed by atoms with Crippen LogP contribution < -0.4 is 14.9 Å². The van der Waals surface area contributed by atoms with Crippen LogP contribution in [0.1, 0.15) is 35.7 Å². The predicted molar refractivity (Wildman–Crippen MR) is 149 cm³/mol. The second-order valence-corrected chi connectivity index (χ2v) is 11.3. The molecule has 4 aromatic rings. The zero-order chi connectivity index (χ0) is 25.8. The van der Waals surface area contributed by atoms with Crippen molar-refractivity contribution in [3.63, 3.8) is 0 Å². The van der Waals surface area contributed by atoms with Crippen molar-refractivity contribution >= 4 is 38.1 Å². The SMILES string of the molecule is CC1CCN(c2ccc(NS(=O)(=O)c3cccc4ccccc34)cc2C(=O)NCc2ccccc2)CC1. The molecule has 0 radical (unpaired) electrons. The van der Waals surface area contributed by atoms with Gasteiger partial charge >= 0.3 is 0 Å². The van der Waals surface area contributed by atoms with Gasteiger partial charge in [0.2, 0.25) is 0 Å². The first kappa shape index (κ1) is 24.8. The highest BCUT2D eigenvalue weighted by Gasteiger charge is 2.23. The fourth-order valence-corrected chi connectivity index (χ4v) is 6.10. The monoisotopic (exact) mass is 513 g/mol. The number of carbonyl (C=O) groups is 1. The number of rotatable bonds is 7. The lowest BCUT2D eigenvalue weighted by molar-refractivity contribution is 0.0951. The molecule has 0 unspecified atom stereocenters. The van der Waals surface area contributed by atoms with Gasteiger partial charge in [0, 0.05) is 36.4 Å². The molecule has 0 aliphatic carbocycles. The van der Waals surface area contributed by atoms with Crippen molar-refractivity contribution in [2.75, 3.05) is 22.7 Å². The molecule has 6 nitrogen and oxygen atoms in total. The quantitative estimate of drug-likeness (QED) is 0.327. The lowest BCUT2D eigenvalue weighted by atomic mass is 9.98. The Labute approximate surface area is 218 Å². The van der Waals surface area contributed by atoms with Gasteiger partial charge in [-0.25, -0.2) is 8.42 Å². The summed E-state index contributed by atoms with van der Waals surface area (Å²) in [5.41, 5.74) is 2.64. The average molecular weight is 514 g/mol. The molecule has 0 bridgehead atoms. The van der Waals surface area contributed by atoms with Gasteiger partial charge in [0.05, 0.1) is 10.5 Å². The number of sulfonamides is 1. The summed E-state index contributed by atoms with van der Waals surface area (Å²) in [6.45, 7) is 4.36. The van der Waals surface area contributed by atoms with E-state index >= 15 is 0 Å². The van der Waals surface area contributed by atoms with E-state index in [9.17, 15) is 13.2 Å². The van der Waals surface area contributed by atoms with E-state index in [-0.39, 0.29) is 10.8 Å². The van der Waals surface area contributed by atoms with Gasteiger partial charge in [-0.1, -0.05) is 73.7 Å². The van der Waals surface area contributed by atoms with Crippen LogP contribution in [0.5, 0.6) is 0 Å². The summed E-state index contributed by atoms with van der Waals surface area (Å²) in [5, 5.41) is 4.51. The Balaban J connectivity index is 1.46. The topological polar surface area (TPSA) is 78.5 Å². The first-order valence-electron chi connectivity index (χ1n) is 12.6. The van der Waals surface area contributed by atoms with Crippen LogP contribution in [-0.4, -0.2) is 27.4 Å². The van der Waals surface area contributed by atoms with Crippen molar-refractivity contribution in [1.82, 2.24) is 5.32 Å². The molecule has 0 spiro atoms. The number of hydrogen-bond acceptors (Lipinski definition) is 4. The minimum Gasteiger partial charge on any atom is -0.371 e. The third kappa shape index (κ3) is 5.62. The predicted octanol–water partition coefficient (Wildman–Crippen LogP) is 5.81. The molecule has 0 saturated carbocycles. The minimum atomic E-state index is -3.88. The third-order valence-electron chi connectivity index (χ3n) is 6.95. The largest absolute Gasteiger partial charge is 0.371 e. The van der Waals surface area contributed by atoms with Gasteiger partial charge in [-0.3, -0.25) is 9.52 Å². The van der Waals surface area contributed by atoms with Gasteiger partial charge < -0.3 is 10.2 Å². The Bertz CT molecular complexity index is 1510. The summed E-state index contributed by atoms with van der Waals surface area (Å²) < 4.78 is 29.5.